The molecule has 4 N–H and O–H groups in total. The molecule has 8 bridgehead atoms. The Morgan fingerprint density at radius 1 is 0.649 bits per heavy atom. The van der Waals surface area contributed by atoms with Crippen molar-refractivity contribution in [3.63, 3.8) is 0 Å². The molecule has 2 aliphatic rings. The Bertz CT molecular complexity index is 2160. The molecule has 3 aromatic rings. The Labute approximate surface area is 342 Å². The number of aryl methyl sites for hydroxylation is 3. The molecular weight excluding hydrogens is 775 g/mol. The third kappa shape index (κ3) is 11.1. The van der Waals surface area contributed by atoms with Gasteiger partial charge < -0.3 is 58.9 Å². The molecule has 57 heavy (non-hydrogen) atoms. The number of H-pyrrole nitrogens is 2. The van der Waals surface area contributed by atoms with Crippen LogP contribution in [0.15, 0.2) is 24.3 Å². The van der Waals surface area contributed by atoms with Gasteiger partial charge in [0.1, 0.15) is 0 Å². The van der Waals surface area contributed by atoms with Gasteiger partial charge in [0, 0.05) is 45.1 Å². The van der Waals surface area contributed by atoms with Crippen LogP contribution in [-0.2, 0) is 52.0 Å². The number of aromatic nitrogens is 4. The zero-order valence-electron chi connectivity index (χ0n) is 33.4. The zero-order chi connectivity index (χ0) is 40.5. The molecule has 3 aromatic heterocycles. The van der Waals surface area contributed by atoms with E-state index in [1.807, 2.05) is 65.8 Å². The van der Waals surface area contributed by atoms with E-state index in [1.54, 1.807) is 0 Å². The number of allylic oxidation sites excluding steroid dienone is 3. The van der Waals surface area contributed by atoms with Crippen molar-refractivity contribution in [2.45, 2.75) is 79.4 Å². The molecule has 2 atom stereocenters. The summed E-state index contributed by atoms with van der Waals surface area (Å²) in [5.74, 6) is -2.35. The van der Waals surface area contributed by atoms with E-state index in [0.717, 1.165) is 61.1 Å². The van der Waals surface area contributed by atoms with Gasteiger partial charge in [0.15, 0.2) is 0 Å². The second kappa shape index (κ2) is 21.0. The first-order valence-corrected chi connectivity index (χ1v) is 19.0. The maximum atomic E-state index is 11.7. The van der Waals surface area contributed by atoms with E-state index in [4.69, 9.17) is 39.1 Å². The number of aliphatic carboxylic acids is 2. The minimum absolute atomic E-state index is 0. The topological polar surface area (TPSA) is 215 Å². The predicted molar refractivity (Wildman–Crippen MR) is 209 cm³/mol. The second-order valence-corrected chi connectivity index (χ2v) is 14.0. The molecule has 0 saturated heterocycles. The van der Waals surface area contributed by atoms with Gasteiger partial charge in [-0.2, -0.15) is 0 Å². The number of carbonyl (C=O) groups excluding carboxylic acids is 2. The molecule has 1 radical (unpaired) electrons. The molecule has 307 valence electrons. The maximum Gasteiger partial charge on any atom is 2.00 e. The first-order chi connectivity index (χ1) is 26.8. The van der Waals surface area contributed by atoms with Crippen molar-refractivity contribution in [2.24, 2.45) is 0 Å². The van der Waals surface area contributed by atoms with Gasteiger partial charge in [-0.1, -0.05) is 0 Å². The fourth-order valence-electron chi connectivity index (χ4n) is 7.34. The SMILES string of the molecule is CC1=C(CCC(=O)[O-])c2cc3[nH]c(cc4nc(cc5[nH]c(cc1n2)c(C)c5C(C)OCCOCCO)C(C)=C4C(C)OCCOCCO)c(C)c3CCC(=O)[O-].[Mn+2]. The van der Waals surface area contributed by atoms with Gasteiger partial charge in [-0.05, 0) is 125 Å². The van der Waals surface area contributed by atoms with Gasteiger partial charge in [0.05, 0.1) is 87.8 Å². The first-order valence-electron chi connectivity index (χ1n) is 19.0. The van der Waals surface area contributed by atoms with Gasteiger partial charge >= 0.3 is 17.1 Å². The Kier molecular flexibility index (Phi) is 16.8. The number of carboxylic acids is 2. The largest absolute Gasteiger partial charge is 2.00 e. The summed E-state index contributed by atoms with van der Waals surface area (Å²) in [5, 5.41) is 41.5. The van der Waals surface area contributed by atoms with E-state index in [-0.39, 0.29) is 75.3 Å². The number of nitrogens with zero attached hydrogens (tertiary/aromatic N) is 2. The molecule has 5 heterocycles. The number of rotatable bonds is 20. The van der Waals surface area contributed by atoms with Gasteiger partial charge in [0.2, 0.25) is 0 Å². The third-order valence-corrected chi connectivity index (χ3v) is 10.3. The standard InChI is InChI=1S/C42H54N4O10.Mn/c1-23-29(7-9-39(49)50)35-22-36-30(8-10-40(51)52)24(2)32(44-36)20-37-42(28(6)56-18-16-54-14-12-48)26(4)34(46-37)21-38-41(27(5)55-17-15-53-13-11-47)25(3)33(45-38)19-31(23)43-35;/h19-22,27-28,44-45,47-48H,7-18H2,1-6H3,(H,49,50)(H,51,52);/q;+2/p-2. The summed E-state index contributed by atoms with van der Waals surface area (Å²) in [6.07, 6.45) is -0.766. The maximum absolute atomic E-state index is 11.7. The number of hydrogen-bond donors (Lipinski definition) is 4. The predicted octanol–water partition coefficient (Wildman–Crippen LogP) is 3.50. The van der Waals surface area contributed by atoms with Crippen molar-refractivity contribution in [3.05, 3.63) is 69.3 Å². The molecule has 2 unspecified atom stereocenters. The van der Waals surface area contributed by atoms with E-state index >= 15 is 0 Å². The number of nitrogens with one attached hydrogen (secondary N) is 2. The summed E-state index contributed by atoms with van der Waals surface area (Å²) in [6, 6.07) is 7.73. The zero-order valence-corrected chi connectivity index (χ0v) is 34.6. The van der Waals surface area contributed by atoms with Crippen LogP contribution >= 0.6 is 0 Å². The molecule has 0 amide bonds. The monoisotopic (exact) mass is 827 g/mol. The first kappa shape index (κ1) is 45.5. The Morgan fingerprint density at radius 3 is 1.79 bits per heavy atom. The van der Waals surface area contributed by atoms with Crippen LogP contribution in [0.4, 0.5) is 0 Å². The number of aliphatic hydroxyl groups excluding tert-OH is 2. The minimum atomic E-state index is -1.17. The number of carbonyl (C=O) groups is 2. The number of carboxylic acid groups (broad SMARTS) is 2. The van der Waals surface area contributed by atoms with Crippen molar-refractivity contribution < 1.29 is 66.0 Å². The van der Waals surface area contributed by atoms with Crippen molar-refractivity contribution in [2.75, 3.05) is 52.9 Å². The summed E-state index contributed by atoms with van der Waals surface area (Å²) in [5.41, 5.74) is 12.3. The Balaban J connectivity index is 0.00000720. The fraction of sp³-hybridized carbons (Fsp3) is 0.476. The van der Waals surface area contributed by atoms with Crippen molar-refractivity contribution in [1.82, 2.24) is 19.9 Å². The van der Waals surface area contributed by atoms with Gasteiger partial charge in [0.25, 0.3) is 0 Å². The van der Waals surface area contributed by atoms with Gasteiger partial charge in [-0.25, -0.2) is 9.97 Å². The Morgan fingerprint density at radius 2 is 1.16 bits per heavy atom. The summed E-state index contributed by atoms with van der Waals surface area (Å²) in [4.78, 5) is 40.6. The summed E-state index contributed by atoms with van der Waals surface area (Å²) in [7, 11) is 0. The van der Waals surface area contributed by atoms with Crippen LogP contribution in [-0.4, -0.2) is 101 Å². The van der Waals surface area contributed by atoms with E-state index < -0.39 is 18.0 Å². The number of ether oxygens (including phenoxy) is 4. The molecule has 0 saturated carbocycles. The number of aliphatic hydroxyl groups is 2. The average Bonchev–Trinajstić information content (AvgIpc) is 3.82. The normalized spacial score (nSPS) is 13.9. The third-order valence-electron chi connectivity index (χ3n) is 10.3. The number of hydrogen-bond acceptors (Lipinski definition) is 12. The van der Waals surface area contributed by atoms with E-state index in [1.165, 1.54) is 0 Å². The molecule has 15 heteroatoms. The molecule has 0 aromatic carbocycles. The molecular formula is C42H52MnN4O10. The fourth-order valence-corrected chi connectivity index (χ4v) is 7.34. The number of aromatic amines is 2. The summed E-state index contributed by atoms with van der Waals surface area (Å²) >= 11 is 0. The Hall–Kier alpha value is -4.18. The average molecular weight is 828 g/mol. The van der Waals surface area contributed by atoms with Crippen molar-refractivity contribution in [1.29, 1.82) is 0 Å². The van der Waals surface area contributed by atoms with Crippen LogP contribution in [0.2, 0.25) is 0 Å². The van der Waals surface area contributed by atoms with Gasteiger partial charge in [-0.15, -0.1) is 0 Å². The van der Waals surface area contributed by atoms with Crippen LogP contribution < -0.4 is 10.2 Å². The van der Waals surface area contributed by atoms with Crippen LogP contribution in [0.25, 0.3) is 44.4 Å². The smallest absolute Gasteiger partial charge is 0.550 e. The molecule has 0 aliphatic carbocycles. The minimum Gasteiger partial charge on any atom is -0.550 e. The number of fused-ring (bicyclic) bond motifs is 8. The second-order valence-electron chi connectivity index (χ2n) is 14.0. The van der Waals surface area contributed by atoms with E-state index in [9.17, 15) is 19.8 Å². The van der Waals surface area contributed by atoms with Crippen molar-refractivity contribution >= 4 is 56.3 Å². The molecule has 0 fully saturated rings. The summed E-state index contributed by atoms with van der Waals surface area (Å²) in [6.45, 7) is 13.3. The van der Waals surface area contributed by atoms with Crippen LogP contribution in [0.1, 0.15) is 98.1 Å². The molecule has 5 rings (SSSR count). The van der Waals surface area contributed by atoms with E-state index in [2.05, 4.69) is 9.97 Å². The molecule has 0 spiro atoms. The molecule has 2 aliphatic heterocycles. The van der Waals surface area contributed by atoms with Crippen LogP contribution in [0.3, 0.4) is 0 Å². The quantitative estimate of drug-likeness (QED) is 0.0952. The van der Waals surface area contributed by atoms with Crippen molar-refractivity contribution in [3.8, 4) is 0 Å². The van der Waals surface area contributed by atoms with Gasteiger partial charge in [-0.3, -0.25) is 0 Å². The van der Waals surface area contributed by atoms with Crippen LogP contribution in [0, 0.1) is 13.8 Å². The summed E-state index contributed by atoms with van der Waals surface area (Å²) < 4.78 is 23.4. The van der Waals surface area contributed by atoms with Crippen LogP contribution in [0.5, 0.6) is 0 Å². The van der Waals surface area contributed by atoms with E-state index in [0.29, 0.717) is 54.7 Å². The molecule has 14 nitrogen and oxygen atoms in total.